The molecule has 0 bridgehead atoms. The topological polar surface area (TPSA) is 12.5 Å². The molecule has 2 heterocycles. The molecule has 0 atom stereocenters. The zero-order valence-corrected chi connectivity index (χ0v) is 5.60. The van der Waals surface area contributed by atoms with E-state index in [9.17, 15) is 0 Å². The predicted molar refractivity (Wildman–Crippen MR) is 35.1 cm³/mol. The van der Waals surface area contributed by atoms with Gasteiger partial charge in [-0.1, -0.05) is 0 Å². The van der Waals surface area contributed by atoms with Crippen molar-refractivity contribution in [3.05, 3.63) is 6.92 Å². The lowest BCUT2D eigenvalue weighted by atomic mass is 9.83. The van der Waals surface area contributed by atoms with Crippen molar-refractivity contribution in [3.63, 3.8) is 0 Å². The second kappa shape index (κ2) is 1.70. The van der Waals surface area contributed by atoms with E-state index < -0.39 is 0 Å². The van der Waals surface area contributed by atoms with Gasteiger partial charge in [0.1, 0.15) is 0 Å². The van der Waals surface area contributed by atoms with E-state index in [1.54, 1.807) is 0 Å². The smallest absolute Gasteiger partial charge is 0.0690 e. The molecule has 9 heavy (non-hydrogen) atoms. The summed E-state index contributed by atoms with van der Waals surface area (Å²) < 4.78 is 5.14. The Morgan fingerprint density at radius 1 is 1.56 bits per heavy atom. The van der Waals surface area contributed by atoms with Crippen molar-refractivity contribution < 1.29 is 4.74 Å². The zero-order chi connectivity index (χ0) is 6.32. The molecule has 2 fully saturated rings. The lowest BCUT2D eigenvalue weighted by Crippen LogP contribution is -2.70. The van der Waals surface area contributed by atoms with Gasteiger partial charge in [0, 0.05) is 6.54 Å². The molecule has 2 aliphatic heterocycles. The number of nitrogens with zero attached hydrogens (tertiary/aromatic N) is 1. The first-order valence-electron chi connectivity index (χ1n) is 3.49. The molecule has 0 N–H and O–H groups in total. The lowest BCUT2D eigenvalue weighted by Gasteiger charge is -2.57. The molecule has 0 unspecified atom stereocenters. The standard InChI is InChI=1S/C7H12NO/c1-2-8-4-3-7(8)5-9-6-7/h1-6H2. The summed E-state index contributed by atoms with van der Waals surface area (Å²) in [5.74, 6) is 0. The zero-order valence-electron chi connectivity index (χ0n) is 5.60. The molecule has 51 valence electrons. The third-order valence-electron chi connectivity index (χ3n) is 2.53. The van der Waals surface area contributed by atoms with Crippen LogP contribution in [0.1, 0.15) is 6.42 Å². The fraction of sp³-hybridized carbons (Fsp3) is 0.857. The molecule has 2 aliphatic rings. The highest BCUT2D eigenvalue weighted by Crippen LogP contribution is 2.36. The molecular formula is C7H12NO. The van der Waals surface area contributed by atoms with Crippen LogP contribution in [0.4, 0.5) is 0 Å². The van der Waals surface area contributed by atoms with Crippen molar-refractivity contribution in [1.29, 1.82) is 0 Å². The van der Waals surface area contributed by atoms with Gasteiger partial charge >= 0.3 is 0 Å². The third-order valence-corrected chi connectivity index (χ3v) is 2.53. The molecule has 0 aromatic rings. The van der Waals surface area contributed by atoms with Crippen LogP contribution in [0.3, 0.4) is 0 Å². The van der Waals surface area contributed by atoms with E-state index >= 15 is 0 Å². The van der Waals surface area contributed by atoms with E-state index in [-0.39, 0.29) is 0 Å². The Morgan fingerprint density at radius 3 is 2.44 bits per heavy atom. The minimum atomic E-state index is 0.460. The second-order valence-electron chi connectivity index (χ2n) is 2.95. The van der Waals surface area contributed by atoms with Crippen molar-refractivity contribution in [2.75, 3.05) is 26.3 Å². The Hall–Kier alpha value is -0.0800. The number of hydrogen-bond donors (Lipinski definition) is 0. The van der Waals surface area contributed by atoms with Gasteiger partial charge in [-0.25, -0.2) is 0 Å². The molecule has 0 aromatic carbocycles. The van der Waals surface area contributed by atoms with Crippen LogP contribution in [0.5, 0.6) is 0 Å². The van der Waals surface area contributed by atoms with Gasteiger partial charge in [-0.05, 0) is 19.9 Å². The maximum absolute atomic E-state index is 5.14. The number of ether oxygens (including phenoxy) is 1. The van der Waals surface area contributed by atoms with Crippen LogP contribution in [-0.4, -0.2) is 36.7 Å². The fourth-order valence-corrected chi connectivity index (χ4v) is 1.60. The molecule has 2 nitrogen and oxygen atoms in total. The summed E-state index contributed by atoms with van der Waals surface area (Å²) in [6.07, 6.45) is 1.32. The molecule has 2 saturated heterocycles. The van der Waals surface area contributed by atoms with E-state index in [0.29, 0.717) is 5.54 Å². The Balaban J connectivity index is 1.97. The maximum Gasteiger partial charge on any atom is 0.0690 e. The number of hydrogen-bond acceptors (Lipinski definition) is 2. The van der Waals surface area contributed by atoms with Crippen LogP contribution in [0.15, 0.2) is 0 Å². The quantitative estimate of drug-likeness (QED) is 0.501. The summed E-state index contributed by atoms with van der Waals surface area (Å²) in [7, 11) is 0. The van der Waals surface area contributed by atoms with Crippen molar-refractivity contribution >= 4 is 0 Å². The first kappa shape index (κ1) is 5.69. The van der Waals surface area contributed by atoms with Crippen LogP contribution in [0.2, 0.25) is 0 Å². The molecule has 0 aliphatic carbocycles. The van der Waals surface area contributed by atoms with Gasteiger partial charge in [0.05, 0.1) is 18.8 Å². The lowest BCUT2D eigenvalue weighted by molar-refractivity contribution is -0.188. The van der Waals surface area contributed by atoms with Gasteiger partial charge in [0.25, 0.3) is 0 Å². The van der Waals surface area contributed by atoms with Gasteiger partial charge in [0.2, 0.25) is 0 Å². The van der Waals surface area contributed by atoms with Crippen LogP contribution >= 0.6 is 0 Å². The average Bonchev–Trinajstić information content (AvgIpc) is 1.59. The SMILES string of the molecule is [CH2]CN1CCC12COC2. The van der Waals surface area contributed by atoms with Crippen molar-refractivity contribution in [1.82, 2.24) is 4.90 Å². The first-order chi connectivity index (χ1) is 4.37. The van der Waals surface area contributed by atoms with Crippen molar-refractivity contribution in [2.45, 2.75) is 12.0 Å². The summed E-state index contributed by atoms with van der Waals surface area (Å²) in [5.41, 5.74) is 0.460. The van der Waals surface area contributed by atoms with Gasteiger partial charge in [-0.3, -0.25) is 4.90 Å². The summed E-state index contributed by atoms with van der Waals surface area (Å²) in [5, 5.41) is 0. The number of rotatable bonds is 1. The molecule has 1 spiro atoms. The summed E-state index contributed by atoms with van der Waals surface area (Å²) in [6.45, 7) is 7.93. The Kier molecular flexibility index (Phi) is 1.08. The van der Waals surface area contributed by atoms with Crippen molar-refractivity contribution in [3.8, 4) is 0 Å². The minimum absolute atomic E-state index is 0.460. The molecular weight excluding hydrogens is 114 g/mol. The Labute approximate surface area is 55.8 Å². The van der Waals surface area contributed by atoms with Crippen LogP contribution in [0.25, 0.3) is 0 Å². The number of likely N-dealkylation sites (tertiary alicyclic amines) is 1. The van der Waals surface area contributed by atoms with E-state index in [0.717, 1.165) is 19.8 Å². The monoisotopic (exact) mass is 126 g/mol. The normalized spacial score (nSPS) is 31.7. The van der Waals surface area contributed by atoms with Crippen LogP contribution in [0, 0.1) is 6.92 Å². The van der Waals surface area contributed by atoms with Crippen LogP contribution in [-0.2, 0) is 4.74 Å². The molecule has 2 rings (SSSR count). The van der Waals surface area contributed by atoms with E-state index in [4.69, 9.17) is 4.74 Å². The largest absolute Gasteiger partial charge is 0.377 e. The Bertz CT molecular complexity index is 113. The molecule has 0 saturated carbocycles. The van der Waals surface area contributed by atoms with E-state index in [1.807, 2.05) is 0 Å². The average molecular weight is 126 g/mol. The summed E-state index contributed by atoms with van der Waals surface area (Å²) in [6, 6.07) is 0. The maximum atomic E-state index is 5.14. The fourth-order valence-electron chi connectivity index (χ4n) is 1.60. The van der Waals surface area contributed by atoms with E-state index in [2.05, 4.69) is 11.8 Å². The molecule has 2 heteroatoms. The second-order valence-corrected chi connectivity index (χ2v) is 2.95. The minimum Gasteiger partial charge on any atom is -0.377 e. The highest BCUT2D eigenvalue weighted by atomic mass is 16.5. The molecule has 1 radical (unpaired) electrons. The highest BCUT2D eigenvalue weighted by molar-refractivity contribution is 5.04. The van der Waals surface area contributed by atoms with Gasteiger partial charge in [0.15, 0.2) is 0 Å². The molecule has 0 aromatic heterocycles. The van der Waals surface area contributed by atoms with Crippen LogP contribution < -0.4 is 0 Å². The van der Waals surface area contributed by atoms with Gasteiger partial charge in [-0.15, -0.1) is 0 Å². The van der Waals surface area contributed by atoms with E-state index in [1.165, 1.54) is 13.0 Å². The molecule has 0 amide bonds. The van der Waals surface area contributed by atoms with Crippen molar-refractivity contribution in [2.24, 2.45) is 0 Å². The third kappa shape index (κ3) is 0.578. The first-order valence-corrected chi connectivity index (χ1v) is 3.49. The predicted octanol–water partition coefficient (Wildman–Crippen LogP) is 0.295. The van der Waals surface area contributed by atoms with Gasteiger partial charge < -0.3 is 4.74 Å². The highest BCUT2D eigenvalue weighted by Gasteiger charge is 2.49. The summed E-state index contributed by atoms with van der Waals surface area (Å²) >= 11 is 0. The summed E-state index contributed by atoms with van der Waals surface area (Å²) in [4.78, 5) is 2.40. The van der Waals surface area contributed by atoms with Gasteiger partial charge in [-0.2, -0.15) is 0 Å². The Morgan fingerprint density at radius 2 is 2.33 bits per heavy atom.